The van der Waals surface area contributed by atoms with E-state index >= 15 is 0 Å². The molecular weight excluding hydrogens is 364 g/mol. The van der Waals surface area contributed by atoms with Crippen LogP contribution in [0.5, 0.6) is 0 Å². The molecule has 0 atom stereocenters. The third kappa shape index (κ3) is 3.00. The molecule has 1 aliphatic heterocycles. The number of aliphatic imine (C=N–C) groups is 1. The second-order valence-corrected chi connectivity index (χ2v) is 6.98. The molecule has 7 heteroatoms. The van der Waals surface area contributed by atoms with Crippen LogP contribution < -0.4 is 4.90 Å². The molecule has 0 saturated carbocycles. The van der Waals surface area contributed by atoms with E-state index in [1.807, 2.05) is 55.1 Å². The average Bonchev–Trinajstić information content (AvgIpc) is 3.30. The number of anilines is 1. The number of fused-ring (bicyclic) bond motifs is 1. The Hall–Kier alpha value is -3.74. The number of hydrogen-bond acceptors (Lipinski definition) is 6. The smallest absolute Gasteiger partial charge is 0.161 e. The minimum absolute atomic E-state index is 0.597. The largest absolute Gasteiger partial charge is 0.361 e. The van der Waals surface area contributed by atoms with E-state index in [-0.39, 0.29) is 0 Å². The van der Waals surface area contributed by atoms with E-state index in [9.17, 15) is 0 Å². The Balaban J connectivity index is 1.64. The van der Waals surface area contributed by atoms with Gasteiger partial charge in [-0.1, -0.05) is 23.4 Å². The first-order chi connectivity index (χ1) is 14.2. The Morgan fingerprint density at radius 1 is 1.07 bits per heavy atom. The van der Waals surface area contributed by atoms with Crippen molar-refractivity contribution in [2.75, 3.05) is 11.4 Å². The average molecular weight is 384 g/mol. The van der Waals surface area contributed by atoms with E-state index in [0.29, 0.717) is 6.54 Å². The number of benzene rings is 1. The highest BCUT2D eigenvalue weighted by atomic mass is 16.5. The second kappa shape index (κ2) is 7.01. The maximum absolute atomic E-state index is 5.34. The molecule has 0 radical (unpaired) electrons. The first-order valence-corrected chi connectivity index (χ1v) is 9.50. The third-order valence-electron chi connectivity index (χ3n) is 5.18. The van der Waals surface area contributed by atoms with E-state index < -0.39 is 0 Å². The Morgan fingerprint density at radius 2 is 1.90 bits per heavy atom. The summed E-state index contributed by atoms with van der Waals surface area (Å²) < 4.78 is 7.34. The molecular formula is C22H20N6O. The maximum atomic E-state index is 5.34. The van der Waals surface area contributed by atoms with Crippen LogP contribution in [0.4, 0.5) is 5.69 Å². The van der Waals surface area contributed by atoms with Gasteiger partial charge < -0.3 is 9.42 Å². The summed E-state index contributed by atoms with van der Waals surface area (Å²) in [5, 5.41) is 10.1. The summed E-state index contributed by atoms with van der Waals surface area (Å²) in [5.41, 5.74) is 4.89. The summed E-state index contributed by atoms with van der Waals surface area (Å²) in [6.45, 7) is 5.22. The molecule has 1 aromatic carbocycles. The lowest BCUT2D eigenvalue weighted by molar-refractivity contribution is 0.392. The molecule has 3 aromatic heterocycles. The first kappa shape index (κ1) is 17.4. The highest BCUT2D eigenvalue weighted by Crippen LogP contribution is 2.26. The quantitative estimate of drug-likeness (QED) is 0.534. The molecule has 7 nitrogen and oxygen atoms in total. The van der Waals surface area contributed by atoms with Crippen LogP contribution in [-0.2, 0) is 6.54 Å². The fourth-order valence-corrected chi connectivity index (χ4v) is 3.66. The number of hydrogen-bond donors (Lipinski definition) is 0. The number of pyridine rings is 1. The van der Waals surface area contributed by atoms with Gasteiger partial charge in [0.15, 0.2) is 5.84 Å². The van der Waals surface area contributed by atoms with Crippen molar-refractivity contribution >= 4 is 22.4 Å². The topological polar surface area (TPSA) is 72.3 Å². The van der Waals surface area contributed by atoms with E-state index in [0.717, 1.165) is 51.7 Å². The number of aromatic nitrogens is 4. The zero-order valence-corrected chi connectivity index (χ0v) is 16.3. The number of para-hydroxylation sites is 1. The van der Waals surface area contributed by atoms with Gasteiger partial charge in [-0.15, -0.1) is 0 Å². The summed E-state index contributed by atoms with van der Waals surface area (Å²) in [6, 6.07) is 12.2. The van der Waals surface area contributed by atoms with Gasteiger partial charge in [0, 0.05) is 41.8 Å². The second-order valence-electron chi connectivity index (χ2n) is 6.98. The number of amidine groups is 1. The van der Waals surface area contributed by atoms with Gasteiger partial charge >= 0.3 is 0 Å². The normalized spacial score (nSPS) is 13.9. The van der Waals surface area contributed by atoms with Crippen LogP contribution in [0.1, 0.15) is 22.7 Å². The van der Waals surface area contributed by atoms with Crippen molar-refractivity contribution in [3.8, 4) is 0 Å². The maximum Gasteiger partial charge on any atom is 0.161 e. The standard InChI is InChI=1S/C22H20N6O/c1-15-19(16(2)29-26-15)14-28-20-7-4-3-6-18(20)21(25-28)22-24-10-5-13-27(22)17-8-11-23-12-9-17/h3-12H,13-14H2,1-2H3. The van der Waals surface area contributed by atoms with Crippen LogP contribution in [0, 0.1) is 13.8 Å². The van der Waals surface area contributed by atoms with Gasteiger partial charge in [0.2, 0.25) is 0 Å². The third-order valence-corrected chi connectivity index (χ3v) is 5.18. The summed E-state index contributed by atoms with van der Waals surface area (Å²) in [5.74, 6) is 1.65. The van der Waals surface area contributed by atoms with E-state index in [4.69, 9.17) is 9.62 Å². The van der Waals surface area contributed by atoms with Crippen molar-refractivity contribution < 1.29 is 4.52 Å². The van der Waals surface area contributed by atoms with Gasteiger partial charge in [0.1, 0.15) is 11.5 Å². The Bertz CT molecular complexity index is 1220. The molecule has 29 heavy (non-hydrogen) atoms. The van der Waals surface area contributed by atoms with Crippen LogP contribution in [-0.4, -0.2) is 32.3 Å². The van der Waals surface area contributed by atoms with Crippen LogP contribution in [0.2, 0.25) is 0 Å². The van der Waals surface area contributed by atoms with Crippen LogP contribution in [0.15, 0.2) is 70.6 Å². The van der Waals surface area contributed by atoms with Gasteiger partial charge in [-0.25, -0.2) is 4.99 Å². The van der Waals surface area contributed by atoms with Crippen LogP contribution in [0.3, 0.4) is 0 Å². The highest BCUT2D eigenvalue weighted by Gasteiger charge is 2.23. The lowest BCUT2D eigenvalue weighted by atomic mass is 10.1. The van der Waals surface area contributed by atoms with Crippen molar-refractivity contribution in [3.05, 3.63) is 83.8 Å². The van der Waals surface area contributed by atoms with Gasteiger partial charge in [-0.2, -0.15) is 5.10 Å². The van der Waals surface area contributed by atoms with Crippen molar-refractivity contribution in [2.45, 2.75) is 20.4 Å². The van der Waals surface area contributed by atoms with Gasteiger partial charge in [-0.3, -0.25) is 9.67 Å². The molecule has 0 saturated heterocycles. The summed E-state index contributed by atoms with van der Waals surface area (Å²) in [6.07, 6.45) is 7.46. The molecule has 0 bridgehead atoms. The SMILES string of the molecule is Cc1noc(C)c1Cn1nc(C2=NC=CCN2c2ccncc2)c2ccccc21. The zero-order chi connectivity index (χ0) is 19.8. The molecule has 4 aromatic rings. The van der Waals surface area contributed by atoms with Gasteiger partial charge in [0.25, 0.3) is 0 Å². The molecule has 0 spiro atoms. The molecule has 0 unspecified atom stereocenters. The molecule has 0 fully saturated rings. The van der Waals surface area contributed by atoms with Crippen LogP contribution >= 0.6 is 0 Å². The lowest BCUT2D eigenvalue weighted by Gasteiger charge is -2.25. The van der Waals surface area contributed by atoms with Crippen molar-refractivity contribution in [1.82, 2.24) is 19.9 Å². The predicted octanol–water partition coefficient (Wildman–Crippen LogP) is 3.86. The predicted molar refractivity (Wildman–Crippen MR) is 112 cm³/mol. The van der Waals surface area contributed by atoms with Crippen LogP contribution in [0.25, 0.3) is 10.9 Å². The monoisotopic (exact) mass is 384 g/mol. The molecule has 0 N–H and O–H groups in total. The number of nitrogens with zero attached hydrogens (tertiary/aromatic N) is 6. The van der Waals surface area contributed by atoms with Crippen molar-refractivity contribution in [3.63, 3.8) is 0 Å². The molecule has 0 aliphatic carbocycles. The van der Waals surface area contributed by atoms with E-state index in [2.05, 4.69) is 32.2 Å². The molecule has 5 rings (SSSR count). The number of aryl methyl sites for hydroxylation is 2. The summed E-state index contributed by atoms with van der Waals surface area (Å²) in [4.78, 5) is 11.0. The summed E-state index contributed by atoms with van der Waals surface area (Å²) in [7, 11) is 0. The highest BCUT2D eigenvalue weighted by molar-refractivity contribution is 6.16. The minimum atomic E-state index is 0.597. The van der Waals surface area contributed by atoms with Crippen molar-refractivity contribution in [2.24, 2.45) is 4.99 Å². The van der Waals surface area contributed by atoms with E-state index in [1.165, 1.54) is 0 Å². The van der Waals surface area contributed by atoms with E-state index in [1.54, 1.807) is 12.4 Å². The number of rotatable bonds is 4. The molecule has 4 heterocycles. The lowest BCUT2D eigenvalue weighted by Crippen LogP contribution is -2.34. The Morgan fingerprint density at radius 3 is 2.69 bits per heavy atom. The first-order valence-electron chi connectivity index (χ1n) is 9.50. The van der Waals surface area contributed by atoms with Gasteiger partial charge in [0.05, 0.1) is 17.8 Å². The Kier molecular flexibility index (Phi) is 4.20. The molecule has 0 amide bonds. The fourth-order valence-electron chi connectivity index (χ4n) is 3.66. The molecule has 1 aliphatic rings. The zero-order valence-electron chi connectivity index (χ0n) is 16.3. The fraction of sp³-hybridized carbons (Fsp3) is 0.182. The molecule has 144 valence electrons. The van der Waals surface area contributed by atoms with Gasteiger partial charge in [-0.05, 0) is 38.1 Å². The minimum Gasteiger partial charge on any atom is -0.361 e. The van der Waals surface area contributed by atoms with Crippen molar-refractivity contribution in [1.29, 1.82) is 0 Å². The summed E-state index contributed by atoms with van der Waals surface area (Å²) >= 11 is 0. The Labute approximate surface area is 168 Å².